The predicted octanol–water partition coefficient (Wildman–Crippen LogP) is 8.24. The van der Waals surface area contributed by atoms with E-state index in [1.165, 1.54) is 10.5 Å². The first-order valence-electron chi connectivity index (χ1n) is 9.85. The van der Waals surface area contributed by atoms with Gasteiger partial charge in [-0.25, -0.2) is 0 Å². The highest BCUT2D eigenvalue weighted by atomic mass is 32.2. The van der Waals surface area contributed by atoms with Gasteiger partial charge in [0.05, 0.1) is 17.3 Å². The van der Waals surface area contributed by atoms with Crippen LogP contribution in [0.2, 0.25) is 0 Å². The number of hydrogen-bond donors (Lipinski definition) is 0. The van der Waals surface area contributed by atoms with Gasteiger partial charge in [0, 0.05) is 22.2 Å². The molecule has 0 aliphatic rings. The standard InChI is InChI=1S/C26H25NO2S/c1-7-18-23-20(29-25(18)21-13-16(3)15-28-21)11-12-27-24(23)17-9-10-22(30-8-2)19(14-17)26(4,5)6/h7-15H,1-2H2,3-6H3. The summed E-state index contributed by atoms with van der Waals surface area (Å²) in [6.07, 6.45) is 5.32. The van der Waals surface area contributed by atoms with E-state index >= 15 is 0 Å². The molecule has 4 rings (SSSR count). The molecule has 4 aromatic rings. The van der Waals surface area contributed by atoms with Crippen molar-refractivity contribution in [1.29, 1.82) is 0 Å². The van der Waals surface area contributed by atoms with Crippen LogP contribution in [0.3, 0.4) is 0 Å². The van der Waals surface area contributed by atoms with Crippen molar-refractivity contribution in [3.05, 3.63) is 78.0 Å². The quantitative estimate of drug-likeness (QED) is 0.308. The van der Waals surface area contributed by atoms with E-state index in [1.807, 2.05) is 30.5 Å². The Morgan fingerprint density at radius 3 is 2.53 bits per heavy atom. The number of aromatic nitrogens is 1. The number of hydrogen-bond acceptors (Lipinski definition) is 4. The Kier molecular flexibility index (Phi) is 5.20. The minimum absolute atomic E-state index is 0.0102. The molecule has 0 atom stereocenters. The lowest BCUT2D eigenvalue weighted by atomic mass is 9.85. The van der Waals surface area contributed by atoms with Gasteiger partial charge in [0.1, 0.15) is 5.58 Å². The molecule has 152 valence electrons. The van der Waals surface area contributed by atoms with Crippen molar-refractivity contribution in [2.75, 3.05) is 0 Å². The average molecular weight is 416 g/mol. The zero-order chi connectivity index (χ0) is 21.5. The number of rotatable bonds is 5. The maximum Gasteiger partial charge on any atom is 0.177 e. The third-order valence-corrected chi connectivity index (χ3v) is 5.85. The van der Waals surface area contributed by atoms with Crippen molar-refractivity contribution in [3.63, 3.8) is 0 Å². The second kappa shape index (κ2) is 7.69. The van der Waals surface area contributed by atoms with Crippen LogP contribution in [0.5, 0.6) is 0 Å². The lowest BCUT2D eigenvalue weighted by molar-refractivity contribution is 0.541. The highest BCUT2D eigenvalue weighted by Gasteiger charge is 2.23. The first-order valence-corrected chi connectivity index (χ1v) is 10.7. The van der Waals surface area contributed by atoms with Gasteiger partial charge in [0.15, 0.2) is 11.5 Å². The van der Waals surface area contributed by atoms with Crippen LogP contribution in [0.4, 0.5) is 0 Å². The van der Waals surface area contributed by atoms with Crippen molar-refractivity contribution in [3.8, 4) is 22.8 Å². The van der Waals surface area contributed by atoms with Gasteiger partial charge in [-0.2, -0.15) is 0 Å². The van der Waals surface area contributed by atoms with Gasteiger partial charge in [0.2, 0.25) is 0 Å². The zero-order valence-electron chi connectivity index (χ0n) is 17.8. The van der Waals surface area contributed by atoms with E-state index in [-0.39, 0.29) is 5.41 Å². The van der Waals surface area contributed by atoms with Crippen LogP contribution in [0.25, 0.3) is 39.8 Å². The molecule has 0 fully saturated rings. The second-order valence-corrected chi connectivity index (χ2v) is 9.32. The minimum Gasteiger partial charge on any atom is -0.461 e. The molecule has 1 aromatic carbocycles. The maximum absolute atomic E-state index is 6.19. The maximum atomic E-state index is 6.19. The highest BCUT2D eigenvalue weighted by Crippen LogP contribution is 2.41. The van der Waals surface area contributed by atoms with Crippen molar-refractivity contribution >= 4 is 28.8 Å². The largest absolute Gasteiger partial charge is 0.461 e. The molecule has 0 spiro atoms. The molecule has 0 saturated carbocycles. The number of aryl methyl sites for hydroxylation is 1. The topological polar surface area (TPSA) is 39.2 Å². The smallest absolute Gasteiger partial charge is 0.177 e. The molecule has 3 aromatic heterocycles. The summed E-state index contributed by atoms with van der Waals surface area (Å²) in [5, 5.41) is 2.81. The normalized spacial score (nSPS) is 11.7. The van der Waals surface area contributed by atoms with Crippen molar-refractivity contribution < 1.29 is 8.83 Å². The molecule has 3 nitrogen and oxygen atoms in total. The monoisotopic (exact) mass is 415 g/mol. The van der Waals surface area contributed by atoms with Gasteiger partial charge in [-0.3, -0.25) is 4.98 Å². The van der Waals surface area contributed by atoms with Gasteiger partial charge in [-0.15, -0.1) is 0 Å². The van der Waals surface area contributed by atoms with E-state index in [1.54, 1.807) is 24.2 Å². The number of fused-ring (bicyclic) bond motifs is 1. The van der Waals surface area contributed by atoms with Crippen molar-refractivity contribution in [1.82, 2.24) is 4.98 Å². The third kappa shape index (κ3) is 3.52. The molecule has 0 bridgehead atoms. The molecule has 30 heavy (non-hydrogen) atoms. The Morgan fingerprint density at radius 1 is 1.10 bits per heavy atom. The molecule has 3 heterocycles. The average Bonchev–Trinajstić information content (AvgIpc) is 3.30. The summed E-state index contributed by atoms with van der Waals surface area (Å²) in [7, 11) is 0. The van der Waals surface area contributed by atoms with Crippen LogP contribution in [-0.2, 0) is 5.41 Å². The number of pyridine rings is 1. The summed E-state index contributed by atoms with van der Waals surface area (Å²) >= 11 is 1.64. The van der Waals surface area contributed by atoms with E-state index in [2.05, 4.69) is 52.1 Å². The fourth-order valence-electron chi connectivity index (χ4n) is 3.67. The molecular formula is C26H25NO2S. The molecule has 0 aliphatic heterocycles. The summed E-state index contributed by atoms with van der Waals surface area (Å²) in [5.41, 5.74) is 5.87. The molecule has 0 amide bonds. The number of furan rings is 2. The zero-order valence-corrected chi connectivity index (χ0v) is 18.6. The lowest BCUT2D eigenvalue weighted by Crippen LogP contribution is -2.12. The molecular weight excluding hydrogens is 390 g/mol. The lowest BCUT2D eigenvalue weighted by Gasteiger charge is -2.23. The Labute approximate surface area is 181 Å². The van der Waals surface area contributed by atoms with Gasteiger partial charge in [0.25, 0.3) is 0 Å². The second-order valence-electron chi connectivity index (χ2n) is 8.32. The Balaban J connectivity index is 1.97. The fourth-order valence-corrected chi connectivity index (χ4v) is 4.49. The van der Waals surface area contributed by atoms with Crippen LogP contribution in [0, 0.1) is 6.92 Å². The molecule has 0 N–H and O–H groups in total. The van der Waals surface area contributed by atoms with Crippen LogP contribution in [-0.4, -0.2) is 4.98 Å². The van der Waals surface area contributed by atoms with Crippen molar-refractivity contribution in [2.45, 2.75) is 38.0 Å². The van der Waals surface area contributed by atoms with Crippen LogP contribution >= 0.6 is 11.8 Å². The van der Waals surface area contributed by atoms with E-state index in [4.69, 9.17) is 13.8 Å². The van der Waals surface area contributed by atoms with Crippen LogP contribution < -0.4 is 0 Å². The SMILES string of the molecule is C=CSc1ccc(-c2nccc3oc(-c4cc(C)co4)c(C=C)c23)cc1C(C)(C)C. The minimum atomic E-state index is -0.0102. The Hall–Kier alpha value is -2.98. The van der Waals surface area contributed by atoms with Crippen LogP contribution in [0.1, 0.15) is 37.5 Å². The first-order chi connectivity index (χ1) is 14.3. The molecule has 4 heteroatoms. The van der Waals surface area contributed by atoms with Crippen molar-refractivity contribution in [2.24, 2.45) is 0 Å². The Bertz CT molecular complexity index is 1250. The summed E-state index contributed by atoms with van der Waals surface area (Å²) in [4.78, 5) is 5.94. The van der Waals surface area contributed by atoms with Crippen LogP contribution in [0.15, 0.2) is 75.1 Å². The summed E-state index contributed by atoms with van der Waals surface area (Å²) in [6, 6.07) is 10.3. The fraction of sp³-hybridized carbons (Fsp3) is 0.192. The number of benzene rings is 1. The molecule has 0 aliphatic carbocycles. The molecule has 0 unspecified atom stereocenters. The first kappa shape index (κ1) is 20.3. The van der Waals surface area contributed by atoms with E-state index in [0.29, 0.717) is 11.5 Å². The number of thioether (sulfide) groups is 1. The summed E-state index contributed by atoms with van der Waals surface area (Å²) in [5.74, 6) is 1.37. The summed E-state index contributed by atoms with van der Waals surface area (Å²) in [6.45, 7) is 16.6. The highest BCUT2D eigenvalue weighted by molar-refractivity contribution is 8.02. The third-order valence-electron chi connectivity index (χ3n) is 5.07. The number of nitrogens with zero attached hydrogens (tertiary/aromatic N) is 1. The van der Waals surface area contributed by atoms with E-state index in [9.17, 15) is 0 Å². The van der Waals surface area contributed by atoms with E-state index < -0.39 is 0 Å². The molecule has 0 radical (unpaired) electrons. The Morgan fingerprint density at radius 2 is 1.90 bits per heavy atom. The predicted molar refractivity (Wildman–Crippen MR) is 127 cm³/mol. The van der Waals surface area contributed by atoms with Gasteiger partial charge in [-0.1, -0.05) is 57.8 Å². The van der Waals surface area contributed by atoms with Gasteiger partial charge < -0.3 is 8.83 Å². The van der Waals surface area contributed by atoms with Gasteiger partial charge >= 0.3 is 0 Å². The molecule has 0 saturated heterocycles. The summed E-state index contributed by atoms with van der Waals surface area (Å²) < 4.78 is 11.9. The van der Waals surface area contributed by atoms with Gasteiger partial charge in [-0.05, 0) is 53.1 Å². The van der Waals surface area contributed by atoms with E-state index in [0.717, 1.165) is 33.4 Å².